The number of hydrogen-bond acceptors (Lipinski definition) is 2. The Balaban J connectivity index is 3.27. The quantitative estimate of drug-likeness (QED) is 0.627. The summed E-state index contributed by atoms with van der Waals surface area (Å²) in [5.74, 6) is 1.62. The molecule has 0 heterocycles. The van der Waals surface area contributed by atoms with Gasteiger partial charge in [-0.25, -0.2) is 0 Å². The molecular formula is C8H19NS. The first kappa shape index (κ1) is 10.3. The summed E-state index contributed by atoms with van der Waals surface area (Å²) in [6, 6.07) is 0. The maximum absolute atomic E-state index is 5.41. The number of thioether (sulfide) groups is 1. The summed E-state index contributed by atoms with van der Waals surface area (Å²) in [6.07, 6.45) is 2.59. The Labute approximate surface area is 68.8 Å². The van der Waals surface area contributed by atoms with Crippen molar-refractivity contribution in [2.75, 3.05) is 5.88 Å². The van der Waals surface area contributed by atoms with Gasteiger partial charge >= 0.3 is 0 Å². The lowest BCUT2D eigenvalue weighted by Crippen LogP contribution is -2.07. The maximum Gasteiger partial charge on any atom is 0.0395 e. The minimum atomic E-state index is 0.736. The number of nitrogens with two attached hydrogens (primary N) is 1. The molecule has 0 bridgehead atoms. The summed E-state index contributed by atoms with van der Waals surface area (Å²) in [5, 5.41) is 0.736. The van der Waals surface area contributed by atoms with Gasteiger partial charge in [0.05, 0.1) is 0 Å². The van der Waals surface area contributed by atoms with Gasteiger partial charge in [0.25, 0.3) is 0 Å². The third-order valence-corrected chi connectivity index (χ3v) is 2.77. The van der Waals surface area contributed by atoms with Crippen molar-refractivity contribution in [1.82, 2.24) is 0 Å². The van der Waals surface area contributed by atoms with Crippen LogP contribution in [0.3, 0.4) is 0 Å². The Kier molecular flexibility index (Phi) is 6.24. The molecule has 0 aliphatic carbocycles. The molecule has 0 aliphatic rings. The van der Waals surface area contributed by atoms with Crippen molar-refractivity contribution in [1.29, 1.82) is 0 Å². The van der Waals surface area contributed by atoms with Crippen LogP contribution in [-0.2, 0) is 0 Å². The highest BCUT2D eigenvalue weighted by Gasteiger charge is 2.05. The van der Waals surface area contributed by atoms with Crippen molar-refractivity contribution < 1.29 is 0 Å². The van der Waals surface area contributed by atoms with Crippen molar-refractivity contribution in [3.63, 3.8) is 0 Å². The van der Waals surface area contributed by atoms with E-state index >= 15 is 0 Å². The molecule has 2 atom stereocenters. The Hall–Kier alpha value is 0.310. The van der Waals surface area contributed by atoms with E-state index in [0.29, 0.717) is 0 Å². The van der Waals surface area contributed by atoms with E-state index < -0.39 is 0 Å². The zero-order chi connectivity index (χ0) is 7.98. The summed E-state index contributed by atoms with van der Waals surface area (Å²) < 4.78 is 0. The Morgan fingerprint density at radius 3 is 2.40 bits per heavy atom. The molecule has 0 aromatic rings. The highest BCUT2D eigenvalue weighted by atomic mass is 32.2. The third-order valence-electron chi connectivity index (χ3n) is 1.81. The monoisotopic (exact) mass is 161 g/mol. The van der Waals surface area contributed by atoms with Crippen LogP contribution in [0.25, 0.3) is 0 Å². The Morgan fingerprint density at radius 1 is 1.40 bits per heavy atom. The topological polar surface area (TPSA) is 26.0 Å². The molecular weight excluding hydrogens is 142 g/mol. The first-order valence-corrected chi connectivity index (χ1v) is 5.07. The summed E-state index contributed by atoms with van der Waals surface area (Å²) in [4.78, 5) is 0. The molecule has 0 aromatic carbocycles. The minimum absolute atomic E-state index is 0.736. The van der Waals surface area contributed by atoms with Gasteiger partial charge in [-0.3, -0.25) is 0 Å². The number of hydrogen-bond donors (Lipinski definition) is 1. The lowest BCUT2D eigenvalue weighted by molar-refractivity contribution is 0.516. The second-order valence-electron chi connectivity index (χ2n) is 2.89. The molecule has 0 fully saturated rings. The summed E-state index contributed by atoms with van der Waals surface area (Å²) in [6.45, 7) is 6.79. The fourth-order valence-electron chi connectivity index (χ4n) is 0.966. The highest BCUT2D eigenvalue weighted by Crippen LogP contribution is 2.18. The van der Waals surface area contributed by atoms with Gasteiger partial charge < -0.3 is 5.73 Å². The molecule has 0 amide bonds. The molecule has 2 heteroatoms. The van der Waals surface area contributed by atoms with Gasteiger partial charge in [-0.05, 0) is 12.3 Å². The van der Waals surface area contributed by atoms with Gasteiger partial charge in [-0.15, -0.1) is 11.8 Å². The zero-order valence-corrected chi connectivity index (χ0v) is 8.08. The van der Waals surface area contributed by atoms with E-state index in [4.69, 9.17) is 5.73 Å². The van der Waals surface area contributed by atoms with Crippen LogP contribution in [0.15, 0.2) is 0 Å². The van der Waals surface area contributed by atoms with Crippen LogP contribution < -0.4 is 5.73 Å². The molecule has 0 aliphatic heterocycles. The van der Waals surface area contributed by atoms with Crippen molar-refractivity contribution in [2.45, 2.75) is 38.9 Å². The SMILES string of the molecule is CCC(C)CC(C)SCN. The van der Waals surface area contributed by atoms with Crippen LogP contribution in [-0.4, -0.2) is 11.1 Å². The van der Waals surface area contributed by atoms with Crippen molar-refractivity contribution >= 4 is 11.8 Å². The molecule has 0 rings (SSSR count). The first-order valence-electron chi connectivity index (χ1n) is 4.02. The van der Waals surface area contributed by atoms with E-state index in [1.165, 1.54) is 12.8 Å². The molecule has 1 nitrogen and oxygen atoms in total. The van der Waals surface area contributed by atoms with Crippen LogP contribution in [0.1, 0.15) is 33.6 Å². The van der Waals surface area contributed by atoms with Crippen LogP contribution in [0.4, 0.5) is 0 Å². The highest BCUT2D eigenvalue weighted by molar-refractivity contribution is 7.99. The molecule has 62 valence electrons. The van der Waals surface area contributed by atoms with Gasteiger partial charge in [-0.1, -0.05) is 27.2 Å². The molecule has 0 saturated heterocycles. The molecule has 0 spiro atoms. The second kappa shape index (κ2) is 6.05. The van der Waals surface area contributed by atoms with Crippen LogP contribution in [0, 0.1) is 5.92 Å². The molecule has 0 saturated carbocycles. The second-order valence-corrected chi connectivity index (χ2v) is 4.36. The average molecular weight is 161 g/mol. The van der Waals surface area contributed by atoms with Gasteiger partial charge in [-0.2, -0.15) is 0 Å². The number of rotatable bonds is 5. The molecule has 10 heavy (non-hydrogen) atoms. The van der Waals surface area contributed by atoms with Crippen LogP contribution >= 0.6 is 11.8 Å². The molecule has 0 radical (unpaired) electrons. The van der Waals surface area contributed by atoms with E-state index in [1.807, 2.05) is 11.8 Å². The van der Waals surface area contributed by atoms with E-state index in [1.54, 1.807) is 0 Å². The first-order chi connectivity index (χ1) is 4.70. The van der Waals surface area contributed by atoms with Crippen molar-refractivity contribution in [3.8, 4) is 0 Å². The van der Waals surface area contributed by atoms with E-state index in [9.17, 15) is 0 Å². The summed E-state index contributed by atoms with van der Waals surface area (Å²) in [7, 11) is 0. The summed E-state index contributed by atoms with van der Waals surface area (Å²) in [5.41, 5.74) is 5.41. The fourth-order valence-corrected chi connectivity index (χ4v) is 1.76. The Morgan fingerprint density at radius 2 is 2.00 bits per heavy atom. The lowest BCUT2D eigenvalue weighted by Gasteiger charge is -2.13. The van der Waals surface area contributed by atoms with E-state index in [0.717, 1.165) is 17.0 Å². The smallest absolute Gasteiger partial charge is 0.0395 e. The predicted octanol–water partition coefficient (Wildman–Crippen LogP) is 2.46. The van der Waals surface area contributed by atoms with Crippen LogP contribution in [0.2, 0.25) is 0 Å². The molecule has 0 aromatic heterocycles. The van der Waals surface area contributed by atoms with Gasteiger partial charge in [0, 0.05) is 11.1 Å². The largest absolute Gasteiger partial charge is 0.322 e. The predicted molar refractivity (Wildman–Crippen MR) is 50.2 cm³/mol. The van der Waals surface area contributed by atoms with Gasteiger partial charge in [0.1, 0.15) is 0 Å². The van der Waals surface area contributed by atoms with E-state index in [2.05, 4.69) is 20.8 Å². The fraction of sp³-hybridized carbons (Fsp3) is 1.00. The van der Waals surface area contributed by atoms with E-state index in [-0.39, 0.29) is 0 Å². The molecule has 2 N–H and O–H groups in total. The average Bonchev–Trinajstić information content (AvgIpc) is 1.88. The normalized spacial score (nSPS) is 16.8. The maximum atomic E-state index is 5.41. The lowest BCUT2D eigenvalue weighted by atomic mass is 10.0. The minimum Gasteiger partial charge on any atom is -0.322 e. The van der Waals surface area contributed by atoms with Gasteiger partial charge in [0.2, 0.25) is 0 Å². The van der Waals surface area contributed by atoms with Crippen molar-refractivity contribution in [2.24, 2.45) is 11.7 Å². The van der Waals surface area contributed by atoms with Gasteiger partial charge in [0.15, 0.2) is 0 Å². The zero-order valence-electron chi connectivity index (χ0n) is 7.26. The summed E-state index contributed by atoms with van der Waals surface area (Å²) >= 11 is 1.85. The third kappa shape index (κ3) is 5.12. The molecule has 2 unspecified atom stereocenters. The van der Waals surface area contributed by atoms with Crippen molar-refractivity contribution in [3.05, 3.63) is 0 Å². The Bertz CT molecular complexity index is 75.7. The standard InChI is InChI=1S/C8H19NS/c1-4-7(2)5-8(3)10-6-9/h7-8H,4-6,9H2,1-3H3. The van der Waals surface area contributed by atoms with Crippen LogP contribution in [0.5, 0.6) is 0 Å².